The van der Waals surface area contributed by atoms with Crippen molar-refractivity contribution in [3.05, 3.63) is 27.2 Å². The van der Waals surface area contributed by atoms with E-state index in [1.54, 1.807) is 12.1 Å². The molecule has 1 atom stereocenters. The van der Waals surface area contributed by atoms with Crippen LogP contribution in [0.4, 0.5) is 0 Å². The molecule has 3 N–H and O–H groups in total. The second-order valence-corrected chi connectivity index (χ2v) is 4.45. The molecule has 0 aliphatic heterocycles. The Morgan fingerprint density at radius 2 is 2.13 bits per heavy atom. The fourth-order valence-corrected chi connectivity index (χ4v) is 2.00. The van der Waals surface area contributed by atoms with Gasteiger partial charge in [-0.2, -0.15) is 0 Å². The Hall–Kier alpha value is 0.0400. The molecule has 0 aliphatic carbocycles. The van der Waals surface area contributed by atoms with Crippen LogP contribution in [0.3, 0.4) is 0 Å². The molecular weight excluding hydrogens is 301 g/mol. The number of nitrogens with two attached hydrogens (primary N) is 1. The summed E-state index contributed by atoms with van der Waals surface area (Å²) in [6.45, 7) is 2.04. The van der Waals surface area contributed by atoms with Gasteiger partial charge in [0, 0.05) is 16.6 Å². The highest BCUT2D eigenvalue weighted by molar-refractivity contribution is 9.10. The molecule has 0 aromatic heterocycles. The van der Waals surface area contributed by atoms with Crippen LogP contribution in [0.5, 0.6) is 5.75 Å². The third kappa shape index (κ3) is 3.52. The van der Waals surface area contributed by atoms with E-state index in [2.05, 4.69) is 15.9 Å². The van der Waals surface area contributed by atoms with Crippen molar-refractivity contribution in [2.75, 3.05) is 0 Å². The maximum Gasteiger partial charge on any atom is 0.136 e. The predicted octanol–water partition coefficient (Wildman–Crippen LogP) is 4.03. The van der Waals surface area contributed by atoms with Crippen molar-refractivity contribution in [3.8, 4) is 5.75 Å². The molecule has 0 fully saturated rings. The lowest BCUT2D eigenvalue weighted by atomic mass is 10.0. The summed E-state index contributed by atoms with van der Waals surface area (Å²) in [5, 5.41) is 10.3. The number of phenols is 1. The minimum atomic E-state index is -0.204. The molecule has 1 aromatic rings. The zero-order chi connectivity index (χ0) is 10.7. The normalized spacial score (nSPS) is 12.0. The largest absolute Gasteiger partial charge is 0.506 e. The van der Waals surface area contributed by atoms with Gasteiger partial charge in [0.05, 0.1) is 4.47 Å². The first kappa shape index (κ1) is 15.0. The van der Waals surface area contributed by atoms with Crippen LogP contribution >= 0.6 is 39.9 Å². The zero-order valence-corrected chi connectivity index (χ0v) is 11.5. The third-order valence-corrected chi connectivity index (χ3v) is 3.05. The van der Waals surface area contributed by atoms with E-state index in [4.69, 9.17) is 17.3 Å². The van der Waals surface area contributed by atoms with Crippen LogP contribution in [0.15, 0.2) is 16.6 Å². The predicted molar refractivity (Wildman–Crippen MR) is 69.9 cm³/mol. The van der Waals surface area contributed by atoms with Crippen molar-refractivity contribution in [1.29, 1.82) is 0 Å². The molecule has 0 spiro atoms. The first-order valence-corrected chi connectivity index (χ1v) is 5.67. The van der Waals surface area contributed by atoms with Gasteiger partial charge in [0.25, 0.3) is 0 Å². The average Bonchev–Trinajstić information content (AvgIpc) is 2.13. The van der Waals surface area contributed by atoms with Gasteiger partial charge < -0.3 is 10.8 Å². The number of benzene rings is 1. The Morgan fingerprint density at radius 3 is 2.67 bits per heavy atom. The lowest BCUT2D eigenvalue weighted by molar-refractivity contribution is 0.455. The second-order valence-electron chi connectivity index (χ2n) is 3.19. The van der Waals surface area contributed by atoms with Gasteiger partial charge in [0.2, 0.25) is 0 Å². The molecule has 0 aliphatic rings. The number of aromatic hydroxyl groups is 1. The van der Waals surface area contributed by atoms with Crippen molar-refractivity contribution >= 4 is 39.9 Å². The lowest BCUT2D eigenvalue weighted by Crippen LogP contribution is -2.10. The molecular formula is C10H14BrCl2NO. The smallest absolute Gasteiger partial charge is 0.136 e. The van der Waals surface area contributed by atoms with E-state index < -0.39 is 0 Å². The quantitative estimate of drug-likeness (QED) is 0.884. The van der Waals surface area contributed by atoms with Gasteiger partial charge in [-0.1, -0.05) is 24.9 Å². The zero-order valence-electron chi connectivity index (χ0n) is 8.34. The van der Waals surface area contributed by atoms with Crippen LogP contribution in [0.1, 0.15) is 31.4 Å². The summed E-state index contributed by atoms with van der Waals surface area (Å²) in [6.07, 6.45) is 1.77. The van der Waals surface area contributed by atoms with Crippen LogP contribution in [-0.4, -0.2) is 5.11 Å². The fraction of sp³-hybridized carbons (Fsp3) is 0.400. The highest BCUT2D eigenvalue weighted by Gasteiger charge is 2.16. The minimum Gasteiger partial charge on any atom is -0.506 e. The highest BCUT2D eigenvalue weighted by atomic mass is 79.9. The third-order valence-electron chi connectivity index (χ3n) is 2.09. The standard InChI is InChI=1S/C10H13BrClNO.ClH/c1-2-3-8(13)9-7(12)5-4-6(11)10(9)14;/h4-5,8,14H,2-3,13H2,1H3;1H/t8-;/m1./s1. The van der Waals surface area contributed by atoms with E-state index in [0.717, 1.165) is 12.8 Å². The molecule has 0 saturated carbocycles. The summed E-state index contributed by atoms with van der Waals surface area (Å²) in [5.74, 6) is 0.151. The average molecular weight is 315 g/mol. The van der Waals surface area contributed by atoms with Gasteiger partial charge in [0.1, 0.15) is 5.75 Å². The van der Waals surface area contributed by atoms with Crippen molar-refractivity contribution in [2.24, 2.45) is 5.73 Å². The van der Waals surface area contributed by atoms with Gasteiger partial charge in [-0.25, -0.2) is 0 Å². The van der Waals surface area contributed by atoms with E-state index in [1.807, 2.05) is 6.92 Å². The number of hydrogen-bond donors (Lipinski definition) is 2. The van der Waals surface area contributed by atoms with E-state index in [0.29, 0.717) is 15.1 Å². The topological polar surface area (TPSA) is 46.2 Å². The number of hydrogen-bond acceptors (Lipinski definition) is 2. The second kappa shape index (κ2) is 6.59. The molecule has 0 amide bonds. The Morgan fingerprint density at radius 1 is 1.53 bits per heavy atom. The number of phenolic OH excluding ortho intramolecular Hbond substituents is 1. The molecule has 2 nitrogen and oxygen atoms in total. The van der Waals surface area contributed by atoms with E-state index in [-0.39, 0.29) is 24.2 Å². The van der Waals surface area contributed by atoms with Crippen LogP contribution in [-0.2, 0) is 0 Å². The van der Waals surface area contributed by atoms with Crippen LogP contribution in [0.25, 0.3) is 0 Å². The van der Waals surface area contributed by atoms with Crippen molar-refractivity contribution < 1.29 is 5.11 Å². The molecule has 86 valence electrons. The fourth-order valence-electron chi connectivity index (χ4n) is 1.36. The Balaban J connectivity index is 0.00000196. The molecule has 0 heterocycles. The van der Waals surface area contributed by atoms with Crippen molar-refractivity contribution in [1.82, 2.24) is 0 Å². The molecule has 0 saturated heterocycles. The summed E-state index contributed by atoms with van der Waals surface area (Å²) < 4.78 is 0.628. The van der Waals surface area contributed by atoms with Gasteiger partial charge in [-0.3, -0.25) is 0 Å². The SMILES string of the molecule is CCC[C@@H](N)c1c(Cl)ccc(Br)c1O.Cl. The summed E-state index contributed by atoms with van der Waals surface area (Å²) in [7, 11) is 0. The van der Waals surface area contributed by atoms with Gasteiger partial charge in [-0.15, -0.1) is 12.4 Å². The summed E-state index contributed by atoms with van der Waals surface area (Å²) in [4.78, 5) is 0. The number of rotatable bonds is 3. The first-order valence-electron chi connectivity index (χ1n) is 4.50. The van der Waals surface area contributed by atoms with Crippen molar-refractivity contribution in [2.45, 2.75) is 25.8 Å². The molecule has 1 aromatic carbocycles. The van der Waals surface area contributed by atoms with Gasteiger partial charge in [-0.05, 0) is 34.5 Å². The van der Waals surface area contributed by atoms with E-state index in [9.17, 15) is 5.11 Å². The van der Waals surface area contributed by atoms with Crippen LogP contribution < -0.4 is 5.73 Å². The van der Waals surface area contributed by atoms with Crippen molar-refractivity contribution in [3.63, 3.8) is 0 Å². The van der Waals surface area contributed by atoms with Gasteiger partial charge >= 0.3 is 0 Å². The first-order chi connectivity index (χ1) is 6.57. The molecule has 15 heavy (non-hydrogen) atoms. The Bertz CT molecular complexity index is 333. The molecule has 0 radical (unpaired) electrons. The summed E-state index contributed by atoms with van der Waals surface area (Å²) >= 11 is 9.21. The summed E-state index contributed by atoms with van der Waals surface area (Å²) in [5.41, 5.74) is 6.54. The van der Waals surface area contributed by atoms with Crippen LogP contribution in [0, 0.1) is 0 Å². The van der Waals surface area contributed by atoms with E-state index in [1.165, 1.54) is 0 Å². The summed E-state index contributed by atoms with van der Waals surface area (Å²) in [6, 6.07) is 3.24. The van der Waals surface area contributed by atoms with Gasteiger partial charge in [0.15, 0.2) is 0 Å². The highest BCUT2D eigenvalue weighted by Crippen LogP contribution is 2.37. The minimum absolute atomic E-state index is 0. The number of halogens is 3. The lowest BCUT2D eigenvalue weighted by Gasteiger charge is -2.15. The Kier molecular flexibility index (Phi) is 6.60. The monoisotopic (exact) mass is 313 g/mol. The molecule has 5 heteroatoms. The maximum absolute atomic E-state index is 9.76. The van der Waals surface area contributed by atoms with E-state index >= 15 is 0 Å². The Labute approximate surface area is 109 Å². The molecule has 1 rings (SSSR count). The molecule has 0 bridgehead atoms. The maximum atomic E-state index is 9.76. The van der Waals surface area contributed by atoms with Crippen LogP contribution in [0.2, 0.25) is 5.02 Å². The molecule has 0 unspecified atom stereocenters.